The van der Waals surface area contributed by atoms with Crippen molar-refractivity contribution in [3.63, 3.8) is 0 Å². The number of nitrogens with zero attached hydrogens (tertiary/aromatic N) is 1. The van der Waals surface area contributed by atoms with Crippen LogP contribution in [0.15, 0.2) is 0 Å². The lowest BCUT2D eigenvalue weighted by molar-refractivity contribution is 0.0114. The van der Waals surface area contributed by atoms with Crippen LogP contribution in [0, 0.1) is 0 Å². The van der Waals surface area contributed by atoms with E-state index in [1.54, 1.807) is 0 Å². The Hall–Kier alpha value is -0.0800. The fraction of sp³-hybridized carbons (Fsp3) is 1.00. The Morgan fingerprint density at radius 3 is 2.45 bits per heavy atom. The molecule has 64 valence electrons. The molecule has 1 atom stereocenters. The average molecular weight is 154 g/mol. The van der Waals surface area contributed by atoms with Gasteiger partial charge < -0.3 is 0 Å². The van der Waals surface area contributed by atoms with Gasteiger partial charge >= 0.3 is 0 Å². The van der Waals surface area contributed by atoms with Gasteiger partial charge in [0.15, 0.2) is 0 Å². The SMILES string of the molecule is CC(C)N1CCC[C@]12CCN2. The predicted molar refractivity (Wildman–Crippen MR) is 46.4 cm³/mol. The van der Waals surface area contributed by atoms with Crippen molar-refractivity contribution in [1.82, 2.24) is 10.2 Å². The molecule has 2 heteroatoms. The maximum atomic E-state index is 3.58. The molecule has 0 aliphatic carbocycles. The smallest absolute Gasteiger partial charge is 0.0727 e. The van der Waals surface area contributed by atoms with Gasteiger partial charge in [0, 0.05) is 12.6 Å². The van der Waals surface area contributed by atoms with Gasteiger partial charge in [-0.3, -0.25) is 10.2 Å². The maximum Gasteiger partial charge on any atom is 0.0727 e. The maximum absolute atomic E-state index is 3.58. The highest BCUT2D eigenvalue weighted by Crippen LogP contribution is 2.35. The molecule has 0 aromatic carbocycles. The summed E-state index contributed by atoms with van der Waals surface area (Å²) in [7, 11) is 0. The third-order valence-electron chi connectivity index (χ3n) is 3.16. The van der Waals surface area contributed by atoms with Gasteiger partial charge in [-0.2, -0.15) is 0 Å². The molecule has 0 unspecified atom stereocenters. The van der Waals surface area contributed by atoms with E-state index in [1.807, 2.05) is 0 Å². The van der Waals surface area contributed by atoms with Gasteiger partial charge in [0.25, 0.3) is 0 Å². The number of hydrogen-bond acceptors (Lipinski definition) is 2. The van der Waals surface area contributed by atoms with Crippen LogP contribution < -0.4 is 5.32 Å². The zero-order valence-electron chi connectivity index (χ0n) is 7.56. The minimum Gasteiger partial charge on any atom is -0.299 e. The van der Waals surface area contributed by atoms with Crippen molar-refractivity contribution in [2.24, 2.45) is 0 Å². The van der Waals surface area contributed by atoms with Crippen LogP contribution in [0.25, 0.3) is 0 Å². The van der Waals surface area contributed by atoms with Crippen LogP contribution in [0.5, 0.6) is 0 Å². The van der Waals surface area contributed by atoms with Crippen molar-refractivity contribution in [3.05, 3.63) is 0 Å². The first-order chi connectivity index (χ1) is 5.25. The van der Waals surface area contributed by atoms with E-state index in [9.17, 15) is 0 Å². The lowest BCUT2D eigenvalue weighted by Gasteiger charge is -2.48. The molecule has 2 aliphatic rings. The Labute approximate surface area is 69.0 Å². The van der Waals surface area contributed by atoms with Crippen LogP contribution in [0.3, 0.4) is 0 Å². The van der Waals surface area contributed by atoms with Crippen molar-refractivity contribution in [3.8, 4) is 0 Å². The van der Waals surface area contributed by atoms with Gasteiger partial charge in [-0.25, -0.2) is 0 Å². The van der Waals surface area contributed by atoms with Crippen LogP contribution in [0.2, 0.25) is 0 Å². The summed E-state index contributed by atoms with van der Waals surface area (Å²) in [6, 6.07) is 0.713. The van der Waals surface area contributed by atoms with Gasteiger partial charge in [0.05, 0.1) is 5.66 Å². The van der Waals surface area contributed by atoms with Crippen LogP contribution in [0.1, 0.15) is 33.1 Å². The zero-order valence-corrected chi connectivity index (χ0v) is 7.56. The minimum atomic E-state index is 0.439. The van der Waals surface area contributed by atoms with Crippen molar-refractivity contribution in [1.29, 1.82) is 0 Å². The summed E-state index contributed by atoms with van der Waals surface area (Å²) in [6.45, 7) is 7.12. The second-order valence-electron chi connectivity index (χ2n) is 4.10. The fourth-order valence-electron chi connectivity index (χ4n) is 2.52. The summed E-state index contributed by atoms with van der Waals surface area (Å²) in [5, 5.41) is 3.58. The molecule has 0 amide bonds. The standard InChI is InChI=1S/C9H18N2/c1-8(2)11-7-3-4-9(11)5-6-10-9/h8,10H,3-7H2,1-2H3/t9-/m1/s1. The predicted octanol–water partition coefficient (Wildman–Crippen LogP) is 1.18. The summed E-state index contributed by atoms with van der Waals surface area (Å²) in [5.74, 6) is 0. The molecule has 0 bridgehead atoms. The molecule has 0 aromatic rings. The third-order valence-corrected chi connectivity index (χ3v) is 3.16. The van der Waals surface area contributed by atoms with Gasteiger partial charge in [-0.05, 0) is 39.7 Å². The summed E-state index contributed by atoms with van der Waals surface area (Å²) in [4.78, 5) is 2.62. The highest BCUT2D eigenvalue weighted by molar-refractivity contribution is 5.01. The van der Waals surface area contributed by atoms with Gasteiger partial charge in [-0.1, -0.05) is 0 Å². The molecule has 2 fully saturated rings. The molecule has 0 radical (unpaired) electrons. The molecule has 2 heterocycles. The van der Waals surface area contributed by atoms with Gasteiger partial charge in [-0.15, -0.1) is 0 Å². The second kappa shape index (κ2) is 2.46. The topological polar surface area (TPSA) is 15.3 Å². The Balaban J connectivity index is 2.07. The molecule has 2 saturated heterocycles. The second-order valence-corrected chi connectivity index (χ2v) is 4.10. The van der Waals surface area contributed by atoms with Crippen LogP contribution in [0.4, 0.5) is 0 Å². The lowest BCUT2D eigenvalue weighted by Crippen LogP contribution is -2.65. The quantitative estimate of drug-likeness (QED) is 0.610. The molecule has 2 aliphatic heterocycles. The van der Waals surface area contributed by atoms with E-state index in [2.05, 4.69) is 24.1 Å². The first kappa shape index (κ1) is 7.56. The molecule has 2 nitrogen and oxygen atoms in total. The summed E-state index contributed by atoms with van der Waals surface area (Å²) >= 11 is 0. The third kappa shape index (κ3) is 1.00. The van der Waals surface area contributed by atoms with Crippen molar-refractivity contribution < 1.29 is 0 Å². The molecular weight excluding hydrogens is 136 g/mol. The summed E-state index contributed by atoms with van der Waals surface area (Å²) < 4.78 is 0. The van der Waals surface area contributed by atoms with Crippen molar-refractivity contribution in [2.75, 3.05) is 13.1 Å². The fourth-order valence-corrected chi connectivity index (χ4v) is 2.52. The first-order valence-corrected chi connectivity index (χ1v) is 4.76. The monoisotopic (exact) mass is 154 g/mol. The van der Waals surface area contributed by atoms with Crippen LogP contribution >= 0.6 is 0 Å². The molecule has 1 N–H and O–H groups in total. The highest BCUT2D eigenvalue weighted by atomic mass is 15.4. The van der Waals surface area contributed by atoms with E-state index in [1.165, 1.54) is 32.4 Å². The lowest BCUT2D eigenvalue weighted by atomic mass is 9.94. The molecule has 1 spiro atoms. The Morgan fingerprint density at radius 1 is 1.36 bits per heavy atom. The van der Waals surface area contributed by atoms with E-state index >= 15 is 0 Å². The Bertz CT molecular complexity index is 150. The highest BCUT2D eigenvalue weighted by Gasteiger charge is 2.45. The molecule has 0 saturated carbocycles. The first-order valence-electron chi connectivity index (χ1n) is 4.76. The van der Waals surface area contributed by atoms with E-state index in [0.717, 1.165) is 0 Å². The zero-order chi connectivity index (χ0) is 7.90. The van der Waals surface area contributed by atoms with Crippen LogP contribution in [-0.4, -0.2) is 29.7 Å². The van der Waals surface area contributed by atoms with E-state index in [4.69, 9.17) is 0 Å². The average Bonchev–Trinajstić information content (AvgIpc) is 2.27. The number of rotatable bonds is 1. The van der Waals surface area contributed by atoms with Crippen molar-refractivity contribution >= 4 is 0 Å². The molecular formula is C9H18N2. The minimum absolute atomic E-state index is 0.439. The molecule has 2 rings (SSSR count). The van der Waals surface area contributed by atoms with E-state index < -0.39 is 0 Å². The van der Waals surface area contributed by atoms with Crippen LogP contribution in [-0.2, 0) is 0 Å². The Morgan fingerprint density at radius 2 is 2.09 bits per heavy atom. The summed E-state index contributed by atoms with van der Waals surface area (Å²) in [6.07, 6.45) is 4.11. The van der Waals surface area contributed by atoms with E-state index in [-0.39, 0.29) is 0 Å². The Kier molecular flexibility index (Phi) is 1.69. The van der Waals surface area contributed by atoms with Crippen molar-refractivity contribution in [2.45, 2.75) is 44.8 Å². The molecule has 11 heavy (non-hydrogen) atoms. The summed E-state index contributed by atoms with van der Waals surface area (Å²) in [5.41, 5.74) is 0.439. The van der Waals surface area contributed by atoms with Gasteiger partial charge in [0.2, 0.25) is 0 Å². The number of nitrogens with one attached hydrogen (secondary N) is 1. The number of hydrogen-bond donors (Lipinski definition) is 1. The normalized spacial score (nSPS) is 38.5. The van der Waals surface area contributed by atoms with E-state index in [0.29, 0.717) is 11.7 Å². The number of likely N-dealkylation sites (tertiary alicyclic amines) is 1. The molecule has 0 aromatic heterocycles. The van der Waals surface area contributed by atoms with Gasteiger partial charge in [0.1, 0.15) is 0 Å². The largest absolute Gasteiger partial charge is 0.299 e.